The molecule has 0 aliphatic carbocycles. The van der Waals surface area contributed by atoms with Gasteiger partial charge in [0.25, 0.3) is 11.5 Å². The van der Waals surface area contributed by atoms with Gasteiger partial charge in [0.15, 0.2) is 6.61 Å². The molecule has 5 aromatic rings. The van der Waals surface area contributed by atoms with Gasteiger partial charge in [0.1, 0.15) is 10.6 Å². The lowest BCUT2D eigenvalue weighted by Gasteiger charge is -2.10. The van der Waals surface area contributed by atoms with Crippen LogP contribution in [0.2, 0.25) is 0 Å². The molecule has 2 heterocycles. The Balaban J connectivity index is 1.05. The number of rotatable bonds is 24. The number of H-pyrrole nitrogens is 1. The van der Waals surface area contributed by atoms with Crippen molar-refractivity contribution in [2.75, 3.05) is 18.5 Å². The summed E-state index contributed by atoms with van der Waals surface area (Å²) in [6.07, 6.45) is 18.5. The van der Waals surface area contributed by atoms with Gasteiger partial charge in [-0.15, -0.1) is 5.10 Å². The van der Waals surface area contributed by atoms with Crippen molar-refractivity contribution in [1.29, 1.82) is 0 Å². The largest absolute Gasteiger partial charge is 0.484 e. The molecule has 2 aromatic heterocycles. The van der Waals surface area contributed by atoms with Crippen LogP contribution in [0.15, 0.2) is 93.7 Å². The Bertz CT molecular complexity index is 1870. The van der Waals surface area contributed by atoms with Crippen molar-refractivity contribution in [1.82, 2.24) is 30.0 Å². The number of aromatic nitrogens is 6. The van der Waals surface area contributed by atoms with Crippen molar-refractivity contribution in [3.8, 4) is 23.0 Å². The molecule has 0 unspecified atom stereocenters. The van der Waals surface area contributed by atoms with Crippen LogP contribution in [0.5, 0.6) is 11.6 Å². The van der Waals surface area contributed by atoms with E-state index in [1.54, 1.807) is 28.9 Å². The maximum atomic E-state index is 13.6. The van der Waals surface area contributed by atoms with E-state index in [1.165, 1.54) is 87.3 Å². The zero-order chi connectivity index (χ0) is 37.1. The van der Waals surface area contributed by atoms with Crippen LogP contribution in [-0.4, -0.2) is 49.1 Å². The highest BCUT2D eigenvalue weighted by Crippen LogP contribution is 2.31. The van der Waals surface area contributed by atoms with E-state index >= 15 is 0 Å². The first-order valence-electron chi connectivity index (χ1n) is 19.2. The first-order valence-corrected chi connectivity index (χ1v) is 20.0. The normalized spacial score (nSPS) is 11.1. The van der Waals surface area contributed by atoms with E-state index in [0.717, 1.165) is 30.3 Å². The van der Waals surface area contributed by atoms with Crippen molar-refractivity contribution in [2.45, 2.75) is 114 Å². The molecule has 0 aliphatic rings. The van der Waals surface area contributed by atoms with Crippen LogP contribution in [0, 0.1) is 0 Å². The molecule has 0 fully saturated rings. The lowest BCUT2D eigenvalue weighted by Crippen LogP contribution is -2.20. The van der Waals surface area contributed by atoms with Crippen molar-refractivity contribution >= 4 is 23.4 Å². The van der Waals surface area contributed by atoms with Gasteiger partial charge in [-0.1, -0.05) is 114 Å². The van der Waals surface area contributed by atoms with E-state index in [4.69, 9.17) is 9.47 Å². The van der Waals surface area contributed by atoms with Crippen LogP contribution >= 0.6 is 11.8 Å². The molecule has 0 bridgehead atoms. The van der Waals surface area contributed by atoms with E-state index < -0.39 is 0 Å². The van der Waals surface area contributed by atoms with Crippen molar-refractivity contribution in [2.24, 2.45) is 0 Å². The number of carbonyl (C=O) groups excluding carboxylic acids is 1. The fourth-order valence-electron chi connectivity index (χ4n) is 6.16. The Morgan fingerprint density at radius 3 is 2.13 bits per heavy atom. The van der Waals surface area contributed by atoms with Crippen molar-refractivity contribution in [3.63, 3.8) is 0 Å². The monoisotopic (exact) mass is 739 g/mol. The first-order chi connectivity index (χ1) is 26.1. The number of aromatic amines is 1. The highest BCUT2D eigenvalue weighted by atomic mass is 32.2. The highest BCUT2D eigenvalue weighted by molar-refractivity contribution is 7.99. The summed E-state index contributed by atoms with van der Waals surface area (Å²) in [5, 5.41) is 18.4. The van der Waals surface area contributed by atoms with Gasteiger partial charge in [-0.25, -0.2) is 4.68 Å². The minimum atomic E-state index is -0.317. The van der Waals surface area contributed by atoms with Gasteiger partial charge in [-0.05, 0) is 96.0 Å². The summed E-state index contributed by atoms with van der Waals surface area (Å²) >= 11 is 1.12. The molecule has 0 aliphatic heterocycles. The highest BCUT2D eigenvalue weighted by Gasteiger charge is 2.22. The first kappa shape index (κ1) is 39.4. The summed E-state index contributed by atoms with van der Waals surface area (Å²) in [5.41, 5.74) is 2.83. The Hall–Kier alpha value is -4.84. The summed E-state index contributed by atoms with van der Waals surface area (Å²) in [7, 11) is 0. The van der Waals surface area contributed by atoms with Crippen LogP contribution < -0.4 is 20.3 Å². The zero-order valence-corrected chi connectivity index (χ0v) is 31.9. The summed E-state index contributed by atoms with van der Waals surface area (Å²) in [6.45, 7) is 4.36. The number of ether oxygens (including phenoxy) is 2. The molecule has 0 saturated heterocycles. The van der Waals surface area contributed by atoms with Crippen LogP contribution in [0.1, 0.15) is 103 Å². The average molecular weight is 740 g/mol. The molecule has 2 N–H and O–H groups in total. The third kappa shape index (κ3) is 12.4. The Labute approximate surface area is 316 Å². The predicted octanol–water partition coefficient (Wildman–Crippen LogP) is 9.34. The number of carbonyl (C=O) groups is 1. The number of hydrogen-bond acceptors (Lipinski definition) is 8. The Kier molecular flexibility index (Phi) is 16.1. The number of nitrogens with one attached hydrogen (secondary N) is 2. The van der Waals surface area contributed by atoms with Gasteiger partial charge < -0.3 is 14.8 Å². The van der Waals surface area contributed by atoms with Gasteiger partial charge in [-0.3, -0.25) is 14.7 Å². The number of amides is 1. The summed E-state index contributed by atoms with van der Waals surface area (Å²) < 4.78 is 14.6. The lowest BCUT2D eigenvalue weighted by atomic mass is 10.0. The van der Waals surface area contributed by atoms with Crippen LogP contribution in [0.4, 0.5) is 5.69 Å². The maximum Gasteiger partial charge on any atom is 0.289 e. The Morgan fingerprint density at radius 1 is 0.774 bits per heavy atom. The van der Waals surface area contributed by atoms with Gasteiger partial charge in [0.05, 0.1) is 18.0 Å². The number of hydrogen-bond donors (Lipinski definition) is 2. The van der Waals surface area contributed by atoms with Gasteiger partial charge >= 0.3 is 0 Å². The van der Waals surface area contributed by atoms with E-state index in [2.05, 4.69) is 38.9 Å². The second kappa shape index (κ2) is 21.6. The fourth-order valence-corrected chi connectivity index (χ4v) is 7.02. The molecule has 0 radical (unpaired) electrons. The third-order valence-electron chi connectivity index (χ3n) is 8.99. The van der Waals surface area contributed by atoms with Crippen LogP contribution in [0.25, 0.3) is 11.4 Å². The topological polar surface area (TPSA) is 129 Å². The Morgan fingerprint density at radius 2 is 1.45 bits per heavy atom. The average Bonchev–Trinajstić information content (AvgIpc) is 3.77. The standard InChI is InChI=1S/C41H53N7O4S/c1-3-5-6-7-8-9-10-11-12-13-14-15-17-21-32-22-20-25-36(30-32)52-31-37(49)42-33-26-28-35(29-27-33)47-40(50)38(39(44-47)51-4-2)53-41-43-45-46-48(41)34-23-18-16-19-24-34/h16,18-20,22-30,44H,3-15,17,21,31H2,1-2H3,(H,42,49). The molecular formula is C41H53N7O4S. The third-order valence-corrected chi connectivity index (χ3v) is 9.99. The van der Waals surface area contributed by atoms with E-state index in [1.807, 2.05) is 55.5 Å². The number of anilines is 1. The number of tetrazole rings is 1. The minimum Gasteiger partial charge on any atom is -0.484 e. The smallest absolute Gasteiger partial charge is 0.289 e. The quantitative estimate of drug-likeness (QED) is 0.0600. The number of nitrogens with zero attached hydrogens (tertiary/aromatic N) is 5. The zero-order valence-electron chi connectivity index (χ0n) is 31.1. The summed E-state index contributed by atoms with van der Waals surface area (Å²) in [5.74, 6) is 0.726. The second-order valence-electron chi connectivity index (χ2n) is 13.2. The molecule has 53 heavy (non-hydrogen) atoms. The molecular weight excluding hydrogens is 687 g/mol. The molecule has 12 heteroatoms. The molecule has 282 valence electrons. The summed E-state index contributed by atoms with van der Waals surface area (Å²) in [4.78, 5) is 26.7. The SMILES string of the molecule is CCCCCCCCCCCCCCCc1cccc(OCC(=O)Nc2ccc(-n3[nH]c(OCC)c(Sc4nnnn4-c4ccccc4)c3=O)cc2)c1. The minimum absolute atomic E-state index is 0.110. The van der Waals surface area contributed by atoms with Gasteiger partial charge in [-0.2, -0.15) is 4.68 Å². The van der Waals surface area contributed by atoms with Crippen molar-refractivity contribution in [3.05, 3.63) is 94.8 Å². The predicted molar refractivity (Wildman–Crippen MR) is 211 cm³/mol. The van der Waals surface area contributed by atoms with Crippen LogP contribution in [-0.2, 0) is 11.2 Å². The molecule has 11 nitrogen and oxygen atoms in total. The molecule has 0 spiro atoms. The van der Waals surface area contributed by atoms with Gasteiger partial charge in [0, 0.05) is 5.69 Å². The molecule has 0 atom stereocenters. The molecule has 5 rings (SSSR count). The van der Waals surface area contributed by atoms with E-state index in [9.17, 15) is 9.59 Å². The molecule has 1 amide bonds. The number of para-hydroxylation sites is 1. The lowest BCUT2D eigenvalue weighted by molar-refractivity contribution is -0.118. The fraction of sp³-hybridized carbons (Fsp3) is 0.439. The molecule has 0 saturated carbocycles. The number of aryl methyl sites for hydroxylation is 1. The van der Waals surface area contributed by atoms with Gasteiger partial charge in [0.2, 0.25) is 11.0 Å². The van der Waals surface area contributed by atoms with Crippen molar-refractivity contribution < 1.29 is 14.3 Å². The second-order valence-corrected chi connectivity index (χ2v) is 14.2. The summed E-state index contributed by atoms with van der Waals surface area (Å²) in [6, 6.07) is 24.4. The van der Waals surface area contributed by atoms with E-state index in [-0.39, 0.29) is 18.1 Å². The van der Waals surface area contributed by atoms with Crippen LogP contribution in [0.3, 0.4) is 0 Å². The molecule has 3 aromatic carbocycles. The van der Waals surface area contributed by atoms with E-state index in [0.29, 0.717) is 39.7 Å². The number of unbranched alkanes of at least 4 members (excludes halogenated alkanes) is 12. The maximum absolute atomic E-state index is 13.6. The number of benzene rings is 3.